The number of carbonyl (C=O) groups is 3. The van der Waals surface area contributed by atoms with Crippen molar-refractivity contribution in [3.63, 3.8) is 0 Å². The maximum absolute atomic E-state index is 12.8. The van der Waals surface area contributed by atoms with Gasteiger partial charge in [-0.1, -0.05) is 215 Å². The molecule has 81 heavy (non-hydrogen) atoms. The molecule has 0 aromatic carbocycles. The van der Waals surface area contributed by atoms with Crippen molar-refractivity contribution >= 4 is 33.6 Å². The third kappa shape index (κ3) is 58.3. The number of phosphoric acid groups is 2. The molecule has 0 fully saturated rings. The summed E-state index contributed by atoms with van der Waals surface area (Å²) in [4.78, 5) is 58.0. The number of hydrogen-bond donors (Lipinski definition) is 4. The lowest BCUT2D eigenvalue weighted by atomic mass is 10.0. The number of allylic oxidation sites excluding steroid dienone is 14. The van der Waals surface area contributed by atoms with Crippen molar-refractivity contribution in [2.24, 2.45) is 0 Å². The molecule has 0 rings (SSSR count). The molecule has 5 atom stereocenters. The second-order valence-electron chi connectivity index (χ2n) is 20.5. The first-order valence-corrected chi connectivity index (χ1v) is 33.9. The first-order valence-electron chi connectivity index (χ1n) is 30.9. The van der Waals surface area contributed by atoms with Gasteiger partial charge in [-0.2, -0.15) is 0 Å². The average Bonchev–Trinajstić information content (AvgIpc) is 3.45. The van der Waals surface area contributed by atoms with Gasteiger partial charge in [0.1, 0.15) is 25.4 Å². The Kier molecular flexibility index (Phi) is 54.9. The zero-order valence-electron chi connectivity index (χ0n) is 50.2. The van der Waals surface area contributed by atoms with Crippen LogP contribution in [0.15, 0.2) is 85.1 Å². The van der Waals surface area contributed by atoms with E-state index in [9.17, 15) is 43.5 Å². The molecule has 0 aromatic heterocycles. The fourth-order valence-electron chi connectivity index (χ4n) is 7.85. The second kappa shape index (κ2) is 57.2. The van der Waals surface area contributed by atoms with Crippen molar-refractivity contribution in [3.05, 3.63) is 85.1 Å². The van der Waals surface area contributed by atoms with E-state index in [1.807, 2.05) is 0 Å². The number of carbonyl (C=O) groups excluding carboxylic acids is 3. The van der Waals surface area contributed by atoms with Crippen molar-refractivity contribution in [3.8, 4) is 0 Å². The van der Waals surface area contributed by atoms with Crippen LogP contribution >= 0.6 is 15.6 Å². The van der Waals surface area contributed by atoms with Crippen molar-refractivity contribution < 1.29 is 75.8 Å². The topological polar surface area (TPSA) is 231 Å². The molecule has 0 heterocycles. The van der Waals surface area contributed by atoms with Gasteiger partial charge >= 0.3 is 33.6 Å². The summed E-state index contributed by atoms with van der Waals surface area (Å²) in [5.41, 5.74) is 0. The normalized spacial score (nSPS) is 15.0. The summed E-state index contributed by atoms with van der Waals surface area (Å²) in [6.07, 6.45) is 58.0. The summed E-state index contributed by atoms with van der Waals surface area (Å²) < 4.78 is 60.5. The van der Waals surface area contributed by atoms with Gasteiger partial charge in [0.2, 0.25) is 0 Å². The Morgan fingerprint density at radius 1 is 0.358 bits per heavy atom. The Bertz CT molecular complexity index is 1830. The summed E-state index contributed by atoms with van der Waals surface area (Å²) in [6, 6.07) is 0. The smallest absolute Gasteiger partial charge is 0.463 e. The van der Waals surface area contributed by atoms with Gasteiger partial charge in [-0.15, -0.1) is 0 Å². The van der Waals surface area contributed by atoms with Crippen LogP contribution in [0.1, 0.15) is 239 Å². The molecule has 18 heteroatoms. The van der Waals surface area contributed by atoms with E-state index >= 15 is 0 Å². The molecule has 0 saturated carbocycles. The van der Waals surface area contributed by atoms with Gasteiger partial charge in [-0.25, -0.2) is 9.13 Å². The number of phosphoric ester groups is 2. The van der Waals surface area contributed by atoms with Crippen LogP contribution in [0.25, 0.3) is 0 Å². The van der Waals surface area contributed by atoms with Gasteiger partial charge in [-0.3, -0.25) is 32.5 Å². The average molecular weight is 1190 g/mol. The highest BCUT2D eigenvalue weighted by atomic mass is 31.2. The predicted molar refractivity (Wildman–Crippen MR) is 325 cm³/mol. The molecular weight excluding hydrogens is 1070 g/mol. The Hall–Kier alpha value is -3.27. The zero-order chi connectivity index (χ0) is 59.6. The molecule has 0 spiro atoms. The number of esters is 3. The minimum absolute atomic E-state index is 0.0952. The molecule has 0 saturated heterocycles. The molecule has 0 bridgehead atoms. The number of aliphatic hydroxyl groups is 2. The van der Waals surface area contributed by atoms with Crippen molar-refractivity contribution in [2.75, 3.05) is 39.6 Å². The predicted octanol–water partition coefficient (Wildman–Crippen LogP) is 16.2. The lowest BCUT2D eigenvalue weighted by Gasteiger charge is -2.21. The molecule has 0 aliphatic heterocycles. The number of unbranched alkanes of at least 4 members (excludes halogenated alkanes) is 21. The molecule has 0 aromatic rings. The van der Waals surface area contributed by atoms with E-state index in [0.717, 1.165) is 109 Å². The Labute approximate surface area is 489 Å². The third-order valence-electron chi connectivity index (χ3n) is 12.6. The summed E-state index contributed by atoms with van der Waals surface area (Å²) >= 11 is 0. The monoisotopic (exact) mass is 1180 g/mol. The summed E-state index contributed by atoms with van der Waals surface area (Å²) in [6.45, 7) is 2.43. The van der Waals surface area contributed by atoms with Crippen molar-refractivity contribution in [1.29, 1.82) is 0 Å². The van der Waals surface area contributed by atoms with Gasteiger partial charge in [-0.05, 0) is 89.9 Å². The van der Waals surface area contributed by atoms with E-state index in [1.54, 1.807) is 0 Å². The molecule has 0 amide bonds. The standard InChI is InChI=1S/C63H110O16P2/c1-4-7-10-13-16-19-22-24-25-26-27-28-29-30-31-33-36-37-40-43-46-49-61(66)73-52-58(64)53-75-80(69,70)76-54-59(65)55-77-81(71,72)78-57-60(79-63(68)51-48-45-42-39-34-21-18-15-12-9-6-3)56-74-62(67)50-47-44-41-38-35-32-23-20-17-14-11-8-5-2/h7,10,15-16,18-19,24-25,27-28,30-31,36-37,58-60,64-65H,4-6,8-9,11-14,17,20-23,26,29,32-35,38-57H2,1-3H3,(H,69,70)(H,71,72)/b10-7-,18-15-,19-16-,25-24-,28-27-,31-30-,37-36-. The summed E-state index contributed by atoms with van der Waals surface area (Å²) in [7, 11) is -9.77. The number of hydrogen-bond acceptors (Lipinski definition) is 14. The van der Waals surface area contributed by atoms with Gasteiger partial charge in [0.25, 0.3) is 0 Å². The van der Waals surface area contributed by atoms with E-state index < -0.39 is 91.5 Å². The van der Waals surface area contributed by atoms with E-state index in [-0.39, 0.29) is 19.3 Å². The molecular formula is C63H110O16P2. The number of rotatable bonds is 58. The fourth-order valence-corrected chi connectivity index (χ4v) is 9.43. The molecule has 4 N–H and O–H groups in total. The second-order valence-corrected chi connectivity index (χ2v) is 23.4. The molecule has 5 unspecified atom stereocenters. The SMILES string of the molecule is CC/C=C\C/C=C\C/C=C\C/C=C\C/C=C\C/C=C\CCCCC(=O)OCC(O)COP(=O)(O)OCC(O)COP(=O)(O)OCC(COC(=O)CCCCCCCCCCCCCCC)OC(=O)CCCCCCC/C=C\CCCC. The zero-order valence-corrected chi connectivity index (χ0v) is 52.0. The van der Waals surface area contributed by atoms with Crippen LogP contribution < -0.4 is 0 Å². The van der Waals surface area contributed by atoms with E-state index in [2.05, 4.69) is 106 Å². The first kappa shape index (κ1) is 77.7. The summed E-state index contributed by atoms with van der Waals surface area (Å²) in [5, 5.41) is 20.5. The maximum atomic E-state index is 12.8. The van der Waals surface area contributed by atoms with Crippen LogP contribution in [-0.4, -0.2) is 95.9 Å². The van der Waals surface area contributed by atoms with Crippen LogP contribution in [0.2, 0.25) is 0 Å². The van der Waals surface area contributed by atoms with Gasteiger partial charge in [0.15, 0.2) is 6.10 Å². The highest BCUT2D eigenvalue weighted by Crippen LogP contribution is 2.45. The minimum Gasteiger partial charge on any atom is -0.463 e. The van der Waals surface area contributed by atoms with Crippen LogP contribution in [0, 0.1) is 0 Å². The Morgan fingerprint density at radius 2 is 0.667 bits per heavy atom. The number of aliphatic hydroxyl groups excluding tert-OH is 2. The maximum Gasteiger partial charge on any atom is 0.472 e. The molecule has 0 radical (unpaired) electrons. The number of ether oxygens (including phenoxy) is 3. The highest BCUT2D eigenvalue weighted by molar-refractivity contribution is 7.47. The van der Waals surface area contributed by atoms with Gasteiger partial charge in [0, 0.05) is 19.3 Å². The van der Waals surface area contributed by atoms with Crippen molar-refractivity contribution in [1.82, 2.24) is 0 Å². The van der Waals surface area contributed by atoms with Gasteiger partial charge < -0.3 is 34.2 Å². The van der Waals surface area contributed by atoms with Crippen molar-refractivity contribution in [2.45, 2.75) is 257 Å². The van der Waals surface area contributed by atoms with E-state index in [4.69, 9.17) is 32.3 Å². The lowest BCUT2D eigenvalue weighted by Crippen LogP contribution is -2.30. The summed E-state index contributed by atoms with van der Waals surface area (Å²) in [5.74, 6) is -1.62. The minimum atomic E-state index is -4.92. The van der Waals surface area contributed by atoms with E-state index in [1.165, 1.54) is 70.6 Å². The van der Waals surface area contributed by atoms with Crippen LogP contribution in [0.5, 0.6) is 0 Å². The lowest BCUT2D eigenvalue weighted by molar-refractivity contribution is -0.161. The van der Waals surface area contributed by atoms with Gasteiger partial charge in [0.05, 0.1) is 26.4 Å². The molecule has 16 nitrogen and oxygen atoms in total. The van der Waals surface area contributed by atoms with E-state index in [0.29, 0.717) is 19.3 Å². The van der Waals surface area contributed by atoms with Crippen LogP contribution in [0.3, 0.4) is 0 Å². The fraction of sp³-hybridized carbons (Fsp3) is 0.730. The molecule has 0 aliphatic rings. The quantitative estimate of drug-likeness (QED) is 0.0146. The Morgan fingerprint density at radius 3 is 1.11 bits per heavy atom. The van der Waals surface area contributed by atoms with Crippen LogP contribution in [0.4, 0.5) is 0 Å². The largest absolute Gasteiger partial charge is 0.472 e. The molecule has 468 valence electrons. The van der Waals surface area contributed by atoms with Crippen LogP contribution in [-0.2, 0) is 55.8 Å². The third-order valence-corrected chi connectivity index (χ3v) is 14.5. The molecule has 0 aliphatic carbocycles. The first-order chi connectivity index (χ1) is 39.2. The highest BCUT2D eigenvalue weighted by Gasteiger charge is 2.29. The Balaban J connectivity index is 4.61.